The minimum Gasteiger partial charge on any atom is -0.316 e. The van der Waals surface area contributed by atoms with E-state index in [0.717, 1.165) is 36.9 Å². The second-order valence-corrected chi connectivity index (χ2v) is 7.60. The average molecular weight is 296 g/mol. The van der Waals surface area contributed by atoms with Crippen LogP contribution in [0.5, 0.6) is 0 Å². The van der Waals surface area contributed by atoms with Crippen LogP contribution in [0.1, 0.15) is 37.3 Å². The van der Waals surface area contributed by atoms with Gasteiger partial charge in [-0.25, -0.2) is 13.1 Å². The molecule has 1 aromatic carbocycles. The van der Waals surface area contributed by atoms with Crippen molar-refractivity contribution in [3.8, 4) is 0 Å². The van der Waals surface area contributed by atoms with Crippen LogP contribution in [-0.2, 0) is 22.3 Å². The molecule has 0 aliphatic heterocycles. The van der Waals surface area contributed by atoms with Gasteiger partial charge in [-0.05, 0) is 43.4 Å². The van der Waals surface area contributed by atoms with Crippen LogP contribution < -0.4 is 10.0 Å². The van der Waals surface area contributed by atoms with Crippen molar-refractivity contribution in [2.75, 3.05) is 7.05 Å². The van der Waals surface area contributed by atoms with Gasteiger partial charge >= 0.3 is 0 Å². The number of benzene rings is 1. The summed E-state index contributed by atoms with van der Waals surface area (Å²) in [5.74, 6) is 0.691. The highest BCUT2D eigenvalue weighted by Crippen LogP contribution is 2.25. The van der Waals surface area contributed by atoms with Gasteiger partial charge < -0.3 is 5.32 Å². The quantitative estimate of drug-likeness (QED) is 0.844. The summed E-state index contributed by atoms with van der Waals surface area (Å²) in [5, 5.41) is 3.07. The highest BCUT2D eigenvalue weighted by Gasteiger charge is 2.25. The molecule has 0 saturated heterocycles. The molecule has 112 valence electrons. The maximum Gasteiger partial charge on any atom is 0.216 e. The fourth-order valence-electron chi connectivity index (χ4n) is 2.86. The minimum absolute atomic E-state index is 0.0649. The van der Waals surface area contributed by atoms with Crippen molar-refractivity contribution in [2.45, 2.75) is 44.5 Å². The summed E-state index contributed by atoms with van der Waals surface area (Å²) in [6.45, 7) is 2.93. The summed E-state index contributed by atoms with van der Waals surface area (Å²) in [5.41, 5.74) is 1.95. The normalized spacial score (nSPS) is 23.1. The predicted molar refractivity (Wildman–Crippen MR) is 81.8 cm³/mol. The first kappa shape index (κ1) is 15.5. The molecule has 0 bridgehead atoms. The molecule has 2 N–H and O–H groups in total. The van der Waals surface area contributed by atoms with Gasteiger partial charge in [-0.3, -0.25) is 0 Å². The number of nitrogens with one attached hydrogen (secondary N) is 2. The number of hydrogen-bond donors (Lipinski definition) is 2. The molecular formula is C15H24N2O2S. The Morgan fingerprint density at radius 2 is 2.00 bits per heavy atom. The molecule has 1 aromatic rings. The van der Waals surface area contributed by atoms with Gasteiger partial charge in [0.05, 0.1) is 5.75 Å². The number of sulfonamides is 1. The van der Waals surface area contributed by atoms with Crippen LogP contribution in [0.4, 0.5) is 0 Å². The Balaban J connectivity index is 1.98. The van der Waals surface area contributed by atoms with Gasteiger partial charge in [0.2, 0.25) is 10.0 Å². The van der Waals surface area contributed by atoms with Crippen LogP contribution >= 0.6 is 0 Å². The molecule has 0 radical (unpaired) electrons. The van der Waals surface area contributed by atoms with Crippen molar-refractivity contribution >= 4 is 10.0 Å². The molecule has 2 unspecified atom stereocenters. The molecular weight excluding hydrogens is 272 g/mol. The van der Waals surface area contributed by atoms with E-state index in [0.29, 0.717) is 5.92 Å². The van der Waals surface area contributed by atoms with Crippen LogP contribution in [0.2, 0.25) is 0 Å². The molecule has 0 spiro atoms. The van der Waals surface area contributed by atoms with E-state index >= 15 is 0 Å². The van der Waals surface area contributed by atoms with Crippen molar-refractivity contribution in [3.63, 3.8) is 0 Å². The second kappa shape index (κ2) is 6.70. The average Bonchev–Trinajstić information content (AvgIpc) is 2.74. The standard InChI is InChI=1S/C15H24N2O2S/c1-12-6-7-15(8-12)17-20(18,19)11-14-5-3-4-13(9-14)10-16-2/h3-5,9,12,15-17H,6-8,10-11H2,1-2H3. The van der Waals surface area contributed by atoms with Crippen LogP contribution in [0.3, 0.4) is 0 Å². The predicted octanol–water partition coefficient (Wildman–Crippen LogP) is 2.01. The van der Waals surface area contributed by atoms with E-state index in [1.165, 1.54) is 0 Å². The maximum atomic E-state index is 12.2. The Morgan fingerprint density at radius 3 is 2.65 bits per heavy atom. The van der Waals surface area contributed by atoms with E-state index in [2.05, 4.69) is 17.0 Å². The lowest BCUT2D eigenvalue weighted by molar-refractivity contribution is 0.538. The SMILES string of the molecule is CNCc1cccc(CS(=O)(=O)NC2CCC(C)C2)c1. The summed E-state index contributed by atoms with van der Waals surface area (Å²) in [4.78, 5) is 0. The first-order chi connectivity index (χ1) is 9.48. The monoisotopic (exact) mass is 296 g/mol. The molecule has 0 amide bonds. The van der Waals surface area contributed by atoms with E-state index in [9.17, 15) is 8.42 Å². The van der Waals surface area contributed by atoms with Gasteiger partial charge in [-0.2, -0.15) is 0 Å². The van der Waals surface area contributed by atoms with Crippen molar-refractivity contribution in [3.05, 3.63) is 35.4 Å². The van der Waals surface area contributed by atoms with Crippen molar-refractivity contribution in [2.24, 2.45) is 5.92 Å². The van der Waals surface area contributed by atoms with Crippen molar-refractivity contribution in [1.29, 1.82) is 0 Å². The van der Waals surface area contributed by atoms with E-state index in [4.69, 9.17) is 0 Å². The fourth-order valence-corrected chi connectivity index (χ4v) is 4.29. The van der Waals surface area contributed by atoms with Gasteiger partial charge in [0.1, 0.15) is 0 Å². The second-order valence-electron chi connectivity index (χ2n) is 5.84. The zero-order valence-corrected chi connectivity index (χ0v) is 13.0. The largest absolute Gasteiger partial charge is 0.316 e. The third-order valence-electron chi connectivity index (χ3n) is 3.77. The van der Waals surface area contributed by atoms with Crippen molar-refractivity contribution < 1.29 is 8.42 Å². The van der Waals surface area contributed by atoms with Crippen LogP contribution in [0, 0.1) is 5.92 Å². The van der Waals surface area contributed by atoms with Crippen LogP contribution in [0.15, 0.2) is 24.3 Å². The molecule has 1 fully saturated rings. The number of rotatable bonds is 6. The molecule has 0 aromatic heterocycles. The van der Waals surface area contributed by atoms with Gasteiger partial charge in [0.25, 0.3) is 0 Å². The van der Waals surface area contributed by atoms with Crippen LogP contribution in [0.25, 0.3) is 0 Å². The Labute approximate surface area is 122 Å². The third kappa shape index (κ3) is 4.58. The van der Waals surface area contributed by atoms with Gasteiger partial charge in [-0.15, -0.1) is 0 Å². The van der Waals surface area contributed by atoms with E-state index in [1.807, 2.05) is 31.3 Å². The highest BCUT2D eigenvalue weighted by atomic mass is 32.2. The number of hydrogen-bond acceptors (Lipinski definition) is 3. The van der Waals surface area contributed by atoms with E-state index in [-0.39, 0.29) is 11.8 Å². The molecule has 5 heteroatoms. The lowest BCUT2D eigenvalue weighted by Gasteiger charge is -2.13. The summed E-state index contributed by atoms with van der Waals surface area (Å²) in [6, 6.07) is 7.85. The third-order valence-corrected chi connectivity index (χ3v) is 5.18. The topological polar surface area (TPSA) is 58.2 Å². The van der Waals surface area contributed by atoms with Crippen LogP contribution in [-0.4, -0.2) is 21.5 Å². The van der Waals surface area contributed by atoms with Gasteiger partial charge in [-0.1, -0.05) is 31.2 Å². The summed E-state index contributed by atoms with van der Waals surface area (Å²) >= 11 is 0. The molecule has 1 aliphatic rings. The lowest BCUT2D eigenvalue weighted by Crippen LogP contribution is -2.33. The molecule has 20 heavy (non-hydrogen) atoms. The van der Waals surface area contributed by atoms with E-state index in [1.54, 1.807) is 0 Å². The summed E-state index contributed by atoms with van der Waals surface area (Å²) in [7, 11) is -1.36. The van der Waals surface area contributed by atoms with Crippen molar-refractivity contribution in [1.82, 2.24) is 10.0 Å². The zero-order chi connectivity index (χ0) is 14.6. The molecule has 1 saturated carbocycles. The zero-order valence-electron chi connectivity index (χ0n) is 12.2. The van der Waals surface area contributed by atoms with Gasteiger partial charge in [0, 0.05) is 12.6 Å². The molecule has 2 atom stereocenters. The Morgan fingerprint density at radius 1 is 1.25 bits per heavy atom. The fraction of sp³-hybridized carbons (Fsp3) is 0.600. The minimum atomic E-state index is -3.24. The highest BCUT2D eigenvalue weighted by molar-refractivity contribution is 7.88. The Kier molecular flexibility index (Phi) is 5.18. The summed E-state index contributed by atoms with van der Waals surface area (Å²) in [6.07, 6.45) is 3.03. The van der Waals surface area contributed by atoms with E-state index < -0.39 is 10.0 Å². The smallest absolute Gasteiger partial charge is 0.216 e. The Bertz CT molecular complexity index is 543. The molecule has 0 heterocycles. The first-order valence-corrected chi connectivity index (χ1v) is 8.86. The lowest BCUT2D eigenvalue weighted by atomic mass is 10.1. The Hall–Kier alpha value is -0.910. The first-order valence-electron chi connectivity index (χ1n) is 7.21. The molecule has 2 rings (SSSR count). The summed E-state index contributed by atoms with van der Waals surface area (Å²) < 4.78 is 27.3. The maximum absolute atomic E-state index is 12.2. The molecule has 4 nitrogen and oxygen atoms in total. The van der Waals surface area contributed by atoms with Gasteiger partial charge in [0.15, 0.2) is 0 Å². The molecule has 1 aliphatic carbocycles.